The van der Waals surface area contributed by atoms with Gasteiger partial charge in [-0.1, -0.05) is 6.42 Å². The highest BCUT2D eigenvalue weighted by Crippen LogP contribution is 2.29. The third kappa shape index (κ3) is 3.86. The maximum Gasteiger partial charge on any atom is 0.416 e. The van der Waals surface area contributed by atoms with E-state index in [4.69, 9.17) is 0 Å². The number of likely N-dealkylation sites (tertiary alicyclic amines) is 1. The Labute approximate surface area is 111 Å². The molecule has 1 aromatic rings. The van der Waals surface area contributed by atoms with Crippen LogP contribution >= 0.6 is 0 Å². The highest BCUT2D eigenvalue weighted by atomic mass is 19.4. The minimum Gasteiger partial charge on any atom is -0.383 e. The maximum atomic E-state index is 12.4. The van der Waals surface area contributed by atoms with Gasteiger partial charge >= 0.3 is 6.18 Å². The summed E-state index contributed by atoms with van der Waals surface area (Å²) in [4.78, 5) is 2.31. The standard InChI is InChI=1S/C14H19F3N2/c1-19-9-3-2-4-13(19)10-18-12-7-5-11(6-8-12)14(15,16)17/h5-8,13,18H,2-4,9-10H2,1H3. The van der Waals surface area contributed by atoms with Gasteiger partial charge < -0.3 is 10.2 Å². The van der Waals surface area contributed by atoms with Crippen LogP contribution in [0.25, 0.3) is 0 Å². The molecular weight excluding hydrogens is 253 g/mol. The van der Waals surface area contributed by atoms with E-state index < -0.39 is 11.7 Å². The molecule has 5 heteroatoms. The SMILES string of the molecule is CN1CCCCC1CNc1ccc(C(F)(F)F)cc1. The molecule has 1 unspecified atom stereocenters. The molecule has 0 bridgehead atoms. The zero-order chi connectivity index (χ0) is 13.9. The number of anilines is 1. The largest absolute Gasteiger partial charge is 0.416 e. The van der Waals surface area contributed by atoms with Crippen LogP contribution in [0.3, 0.4) is 0 Å². The topological polar surface area (TPSA) is 15.3 Å². The molecule has 1 N–H and O–H groups in total. The molecule has 0 radical (unpaired) electrons. The van der Waals surface area contributed by atoms with Crippen LogP contribution in [-0.2, 0) is 6.18 Å². The Hall–Kier alpha value is -1.23. The van der Waals surface area contributed by atoms with Crippen LogP contribution in [0, 0.1) is 0 Å². The first kappa shape index (κ1) is 14.2. The molecule has 0 saturated carbocycles. The van der Waals surface area contributed by atoms with Crippen LogP contribution in [0.5, 0.6) is 0 Å². The van der Waals surface area contributed by atoms with Gasteiger partial charge in [0.15, 0.2) is 0 Å². The minimum atomic E-state index is -4.26. The first-order valence-electron chi connectivity index (χ1n) is 6.58. The van der Waals surface area contributed by atoms with Gasteiger partial charge in [-0.2, -0.15) is 13.2 Å². The van der Waals surface area contributed by atoms with Crippen LogP contribution < -0.4 is 5.32 Å². The molecule has 19 heavy (non-hydrogen) atoms. The van der Waals surface area contributed by atoms with E-state index in [1.807, 2.05) is 0 Å². The fourth-order valence-corrected chi connectivity index (χ4v) is 2.41. The van der Waals surface area contributed by atoms with Crippen LogP contribution in [0.2, 0.25) is 0 Å². The van der Waals surface area contributed by atoms with Crippen molar-refractivity contribution in [1.29, 1.82) is 0 Å². The third-order valence-electron chi connectivity index (χ3n) is 3.68. The summed E-state index contributed by atoms with van der Waals surface area (Å²) in [5.41, 5.74) is 0.139. The van der Waals surface area contributed by atoms with Crippen LogP contribution in [-0.4, -0.2) is 31.1 Å². The van der Waals surface area contributed by atoms with Crippen LogP contribution in [0.1, 0.15) is 24.8 Å². The van der Waals surface area contributed by atoms with E-state index in [0.717, 1.165) is 37.3 Å². The molecule has 106 valence electrons. The summed E-state index contributed by atoms with van der Waals surface area (Å²) in [5, 5.41) is 3.21. The summed E-state index contributed by atoms with van der Waals surface area (Å²) in [5.74, 6) is 0. The van der Waals surface area contributed by atoms with Gasteiger partial charge in [0.2, 0.25) is 0 Å². The van der Waals surface area contributed by atoms with Crippen molar-refractivity contribution in [3.63, 3.8) is 0 Å². The molecule has 0 amide bonds. The molecule has 2 rings (SSSR count). The molecule has 1 aromatic carbocycles. The number of rotatable bonds is 3. The normalized spacial score (nSPS) is 21.4. The van der Waals surface area contributed by atoms with Crippen molar-refractivity contribution >= 4 is 5.69 Å². The summed E-state index contributed by atoms with van der Waals surface area (Å²) in [6, 6.07) is 5.69. The average molecular weight is 272 g/mol. The van der Waals surface area contributed by atoms with Gasteiger partial charge in [-0.05, 0) is 50.7 Å². The fourth-order valence-electron chi connectivity index (χ4n) is 2.41. The van der Waals surface area contributed by atoms with E-state index in [-0.39, 0.29) is 0 Å². The third-order valence-corrected chi connectivity index (χ3v) is 3.68. The molecule has 1 fully saturated rings. The van der Waals surface area contributed by atoms with Gasteiger partial charge in [0.05, 0.1) is 5.56 Å². The second kappa shape index (κ2) is 5.82. The molecule has 1 aliphatic rings. The van der Waals surface area contributed by atoms with Crippen LogP contribution in [0.15, 0.2) is 24.3 Å². The highest BCUT2D eigenvalue weighted by Gasteiger charge is 2.29. The Morgan fingerprint density at radius 2 is 1.89 bits per heavy atom. The van der Waals surface area contributed by atoms with Crippen molar-refractivity contribution in [1.82, 2.24) is 4.90 Å². The Bertz CT molecular complexity index is 400. The first-order chi connectivity index (χ1) is 8.97. The van der Waals surface area contributed by atoms with Crippen molar-refractivity contribution in [2.24, 2.45) is 0 Å². The smallest absolute Gasteiger partial charge is 0.383 e. The molecule has 1 heterocycles. The molecule has 1 aliphatic heterocycles. The number of halogens is 3. The molecule has 1 atom stereocenters. The van der Waals surface area contributed by atoms with Crippen molar-refractivity contribution in [3.8, 4) is 0 Å². The van der Waals surface area contributed by atoms with E-state index in [0.29, 0.717) is 6.04 Å². The van der Waals surface area contributed by atoms with E-state index in [9.17, 15) is 13.2 Å². The number of benzene rings is 1. The molecule has 0 aromatic heterocycles. The Morgan fingerprint density at radius 1 is 1.21 bits per heavy atom. The number of alkyl halides is 3. The Balaban J connectivity index is 1.89. The number of piperidine rings is 1. The average Bonchev–Trinajstić information content (AvgIpc) is 2.37. The van der Waals surface area contributed by atoms with Crippen molar-refractivity contribution in [2.45, 2.75) is 31.5 Å². The quantitative estimate of drug-likeness (QED) is 0.904. The van der Waals surface area contributed by atoms with Gasteiger partial charge in [0.1, 0.15) is 0 Å². The second-order valence-electron chi connectivity index (χ2n) is 5.09. The zero-order valence-electron chi connectivity index (χ0n) is 11.0. The zero-order valence-corrected chi connectivity index (χ0v) is 11.0. The van der Waals surface area contributed by atoms with Crippen molar-refractivity contribution < 1.29 is 13.2 Å². The highest BCUT2D eigenvalue weighted by molar-refractivity contribution is 5.45. The number of nitrogens with one attached hydrogen (secondary N) is 1. The summed E-state index contributed by atoms with van der Waals surface area (Å²) in [6.45, 7) is 1.88. The Kier molecular flexibility index (Phi) is 4.34. The van der Waals surface area contributed by atoms with Gasteiger partial charge in [-0.25, -0.2) is 0 Å². The van der Waals surface area contributed by atoms with E-state index >= 15 is 0 Å². The lowest BCUT2D eigenvalue weighted by molar-refractivity contribution is -0.137. The lowest BCUT2D eigenvalue weighted by Gasteiger charge is -2.32. The number of hydrogen-bond acceptors (Lipinski definition) is 2. The second-order valence-corrected chi connectivity index (χ2v) is 5.09. The lowest BCUT2D eigenvalue weighted by Crippen LogP contribution is -2.40. The fraction of sp³-hybridized carbons (Fsp3) is 0.571. The number of hydrogen-bond donors (Lipinski definition) is 1. The monoisotopic (exact) mass is 272 g/mol. The minimum absolute atomic E-state index is 0.469. The number of nitrogens with zero attached hydrogens (tertiary/aromatic N) is 1. The van der Waals surface area contributed by atoms with Gasteiger partial charge in [-0.3, -0.25) is 0 Å². The molecule has 2 nitrogen and oxygen atoms in total. The molecule has 0 aliphatic carbocycles. The molecular formula is C14H19F3N2. The Morgan fingerprint density at radius 3 is 2.47 bits per heavy atom. The van der Waals surface area contributed by atoms with Gasteiger partial charge in [-0.15, -0.1) is 0 Å². The summed E-state index contributed by atoms with van der Waals surface area (Å²) in [7, 11) is 2.10. The van der Waals surface area contributed by atoms with E-state index in [1.54, 1.807) is 0 Å². The predicted molar refractivity (Wildman–Crippen MR) is 70.2 cm³/mol. The predicted octanol–water partition coefficient (Wildman–Crippen LogP) is 3.60. The molecule has 0 spiro atoms. The van der Waals surface area contributed by atoms with Gasteiger partial charge in [0, 0.05) is 18.3 Å². The number of likely N-dealkylation sites (N-methyl/N-ethyl adjacent to an activating group) is 1. The summed E-state index contributed by atoms with van der Waals surface area (Å²) >= 11 is 0. The van der Waals surface area contributed by atoms with Gasteiger partial charge in [0.25, 0.3) is 0 Å². The molecule has 1 saturated heterocycles. The first-order valence-corrected chi connectivity index (χ1v) is 6.58. The summed E-state index contributed by atoms with van der Waals surface area (Å²) in [6.07, 6.45) is -0.663. The maximum absolute atomic E-state index is 12.4. The van der Waals surface area contributed by atoms with Crippen molar-refractivity contribution in [2.75, 3.05) is 25.5 Å². The summed E-state index contributed by atoms with van der Waals surface area (Å²) < 4.78 is 37.3. The van der Waals surface area contributed by atoms with Crippen molar-refractivity contribution in [3.05, 3.63) is 29.8 Å². The van der Waals surface area contributed by atoms with Crippen LogP contribution in [0.4, 0.5) is 18.9 Å². The lowest BCUT2D eigenvalue weighted by atomic mass is 10.0. The van der Waals surface area contributed by atoms with E-state index in [1.165, 1.54) is 25.0 Å². The van der Waals surface area contributed by atoms with E-state index in [2.05, 4.69) is 17.3 Å².